The number of ether oxygens (including phenoxy) is 1. The lowest BCUT2D eigenvalue weighted by molar-refractivity contribution is -0.138. The summed E-state index contributed by atoms with van der Waals surface area (Å²) >= 11 is 0. The van der Waals surface area contributed by atoms with E-state index in [0.29, 0.717) is 19.2 Å². The highest BCUT2D eigenvalue weighted by Crippen LogP contribution is 2.22. The number of morpholine rings is 1. The topological polar surface area (TPSA) is 108 Å². The van der Waals surface area contributed by atoms with Gasteiger partial charge in [-0.2, -0.15) is 0 Å². The van der Waals surface area contributed by atoms with Gasteiger partial charge in [-0.05, 0) is 19.4 Å². The van der Waals surface area contributed by atoms with E-state index in [1.54, 1.807) is 0 Å². The van der Waals surface area contributed by atoms with Crippen molar-refractivity contribution in [3.8, 4) is 0 Å². The van der Waals surface area contributed by atoms with Gasteiger partial charge in [0.15, 0.2) is 0 Å². The summed E-state index contributed by atoms with van der Waals surface area (Å²) in [6, 6.07) is -0.106. The minimum atomic E-state index is -1.07. The summed E-state index contributed by atoms with van der Waals surface area (Å²) in [7, 11) is 0. The minimum Gasteiger partial charge on any atom is -0.481 e. The van der Waals surface area contributed by atoms with Crippen molar-refractivity contribution >= 4 is 17.9 Å². The first kappa shape index (κ1) is 15.7. The Morgan fingerprint density at radius 3 is 2.86 bits per heavy atom. The lowest BCUT2D eigenvalue weighted by Gasteiger charge is -2.35. The molecule has 0 bridgehead atoms. The number of nitrogens with one attached hydrogen (secondary N) is 2. The molecule has 2 heterocycles. The van der Waals surface area contributed by atoms with Crippen molar-refractivity contribution in [2.75, 3.05) is 26.2 Å². The van der Waals surface area contributed by atoms with Crippen molar-refractivity contribution in [1.29, 1.82) is 0 Å². The Hall–Kier alpha value is -1.67. The SMILES string of the molecule is O=C(O)CCC(=O)NC(=O)NCC1CN2CCCC2CO1. The standard InChI is InChI=1S/C13H21N3O5/c17-11(3-4-12(18)19)15-13(20)14-6-10-7-16-5-1-2-9(16)8-21-10/h9-10H,1-8H2,(H,18,19)(H2,14,15,17,20). The summed E-state index contributed by atoms with van der Waals surface area (Å²) < 4.78 is 5.68. The van der Waals surface area contributed by atoms with Gasteiger partial charge in [0.25, 0.3) is 0 Å². The van der Waals surface area contributed by atoms with Crippen molar-refractivity contribution in [3.63, 3.8) is 0 Å². The number of aliphatic carboxylic acids is 1. The van der Waals surface area contributed by atoms with Crippen molar-refractivity contribution in [2.45, 2.75) is 37.8 Å². The highest BCUT2D eigenvalue weighted by molar-refractivity contribution is 5.95. The van der Waals surface area contributed by atoms with Crippen LogP contribution in [0.5, 0.6) is 0 Å². The number of amides is 3. The van der Waals surface area contributed by atoms with Gasteiger partial charge in [0.05, 0.1) is 19.1 Å². The summed E-state index contributed by atoms with van der Waals surface area (Å²) in [5, 5.41) is 13.1. The third-order valence-electron chi connectivity index (χ3n) is 3.77. The fourth-order valence-corrected chi connectivity index (χ4v) is 2.67. The number of fused-ring (bicyclic) bond motifs is 1. The maximum Gasteiger partial charge on any atom is 0.321 e. The number of nitrogens with zero attached hydrogens (tertiary/aromatic N) is 1. The van der Waals surface area contributed by atoms with Gasteiger partial charge in [0, 0.05) is 25.6 Å². The molecule has 0 aliphatic carbocycles. The van der Waals surface area contributed by atoms with Gasteiger partial charge in [0.2, 0.25) is 5.91 Å². The highest BCUT2D eigenvalue weighted by atomic mass is 16.5. The van der Waals surface area contributed by atoms with Gasteiger partial charge < -0.3 is 15.2 Å². The fraction of sp³-hybridized carbons (Fsp3) is 0.769. The monoisotopic (exact) mass is 299 g/mol. The summed E-state index contributed by atoms with van der Waals surface area (Å²) in [6.07, 6.45) is 1.78. The van der Waals surface area contributed by atoms with Crippen LogP contribution in [0.15, 0.2) is 0 Å². The van der Waals surface area contributed by atoms with E-state index in [-0.39, 0.29) is 18.9 Å². The average molecular weight is 299 g/mol. The molecule has 2 aliphatic heterocycles. The molecule has 2 aliphatic rings. The van der Waals surface area contributed by atoms with Crippen molar-refractivity contribution in [1.82, 2.24) is 15.5 Å². The molecule has 0 aromatic rings. The Kier molecular flexibility index (Phi) is 5.51. The van der Waals surface area contributed by atoms with Crippen LogP contribution in [0, 0.1) is 0 Å². The van der Waals surface area contributed by atoms with E-state index in [4.69, 9.17) is 9.84 Å². The zero-order valence-corrected chi connectivity index (χ0v) is 11.8. The Labute approximate surface area is 122 Å². The number of carboxylic acids is 1. The molecule has 2 rings (SSSR count). The Morgan fingerprint density at radius 1 is 1.29 bits per heavy atom. The molecule has 118 valence electrons. The number of carboxylic acid groups (broad SMARTS) is 1. The molecule has 8 heteroatoms. The predicted molar refractivity (Wildman–Crippen MR) is 72.7 cm³/mol. The van der Waals surface area contributed by atoms with E-state index in [1.165, 1.54) is 12.8 Å². The summed E-state index contributed by atoms with van der Waals surface area (Å²) in [5.41, 5.74) is 0. The summed E-state index contributed by atoms with van der Waals surface area (Å²) in [5.74, 6) is -1.67. The van der Waals surface area contributed by atoms with Gasteiger partial charge in [-0.3, -0.25) is 19.8 Å². The molecule has 0 spiro atoms. The van der Waals surface area contributed by atoms with Crippen LogP contribution in [0.2, 0.25) is 0 Å². The first-order valence-electron chi connectivity index (χ1n) is 7.19. The highest BCUT2D eigenvalue weighted by Gasteiger charge is 2.32. The number of urea groups is 1. The number of carbonyl (C=O) groups is 3. The second-order valence-corrected chi connectivity index (χ2v) is 5.40. The molecule has 3 amide bonds. The fourth-order valence-electron chi connectivity index (χ4n) is 2.67. The molecular weight excluding hydrogens is 278 g/mol. The quantitative estimate of drug-likeness (QED) is 0.634. The normalized spacial score (nSPS) is 25.1. The van der Waals surface area contributed by atoms with E-state index in [1.807, 2.05) is 0 Å². The van der Waals surface area contributed by atoms with Crippen LogP contribution in [0.3, 0.4) is 0 Å². The zero-order valence-electron chi connectivity index (χ0n) is 11.8. The van der Waals surface area contributed by atoms with Crippen molar-refractivity contribution < 1.29 is 24.2 Å². The molecule has 0 saturated carbocycles. The number of imide groups is 1. The zero-order chi connectivity index (χ0) is 15.2. The third kappa shape index (κ3) is 4.98. The lowest BCUT2D eigenvalue weighted by Crippen LogP contribution is -2.51. The molecule has 21 heavy (non-hydrogen) atoms. The second kappa shape index (κ2) is 7.37. The van der Waals surface area contributed by atoms with Gasteiger partial charge in [-0.25, -0.2) is 4.79 Å². The maximum atomic E-state index is 11.5. The molecule has 2 atom stereocenters. The largest absolute Gasteiger partial charge is 0.481 e. The first-order chi connectivity index (χ1) is 10.0. The molecule has 3 N–H and O–H groups in total. The first-order valence-corrected chi connectivity index (χ1v) is 7.19. The average Bonchev–Trinajstić information content (AvgIpc) is 2.90. The molecule has 8 nitrogen and oxygen atoms in total. The number of carbonyl (C=O) groups excluding carboxylic acids is 2. The van der Waals surface area contributed by atoms with Crippen LogP contribution in [0.4, 0.5) is 4.79 Å². The summed E-state index contributed by atoms with van der Waals surface area (Å²) in [4.78, 5) is 35.5. The van der Waals surface area contributed by atoms with E-state index in [2.05, 4.69) is 15.5 Å². The van der Waals surface area contributed by atoms with Gasteiger partial charge in [-0.1, -0.05) is 0 Å². The Morgan fingerprint density at radius 2 is 2.10 bits per heavy atom. The molecular formula is C13H21N3O5. The van der Waals surface area contributed by atoms with Gasteiger partial charge in [-0.15, -0.1) is 0 Å². The van der Waals surface area contributed by atoms with Gasteiger partial charge in [0.1, 0.15) is 0 Å². The van der Waals surface area contributed by atoms with E-state index in [0.717, 1.165) is 13.1 Å². The molecule has 2 fully saturated rings. The number of hydrogen-bond donors (Lipinski definition) is 3. The Bertz CT molecular complexity index is 415. The summed E-state index contributed by atoms with van der Waals surface area (Å²) in [6.45, 7) is 2.88. The van der Waals surface area contributed by atoms with Crippen LogP contribution in [-0.2, 0) is 14.3 Å². The number of rotatable bonds is 5. The van der Waals surface area contributed by atoms with E-state index < -0.39 is 17.9 Å². The van der Waals surface area contributed by atoms with Crippen LogP contribution in [0.25, 0.3) is 0 Å². The van der Waals surface area contributed by atoms with E-state index >= 15 is 0 Å². The van der Waals surface area contributed by atoms with Crippen LogP contribution in [-0.4, -0.2) is 66.3 Å². The lowest BCUT2D eigenvalue weighted by atomic mass is 10.2. The van der Waals surface area contributed by atoms with Crippen LogP contribution >= 0.6 is 0 Å². The Balaban J connectivity index is 1.62. The second-order valence-electron chi connectivity index (χ2n) is 5.40. The predicted octanol–water partition coefficient (Wildman–Crippen LogP) is -0.460. The van der Waals surface area contributed by atoms with Crippen LogP contribution < -0.4 is 10.6 Å². The molecule has 0 aromatic heterocycles. The van der Waals surface area contributed by atoms with E-state index in [9.17, 15) is 14.4 Å². The van der Waals surface area contributed by atoms with Crippen molar-refractivity contribution in [3.05, 3.63) is 0 Å². The molecule has 2 saturated heterocycles. The third-order valence-corrected chi connectivity index (χ3v) is 3.77. The van der Waals surface area contributed by atoms with Crippen molar-refractivity contribution in [2.24, 2.45) is 0 Å². The molecule has 0 radical (unpaired) electrons. The number of hydrogen-bond acceptors (Lipinski definition) is 5. The molecule has 0 aromatic carbocycles. The maximum absolute atomic E-state index is 11.5. The van der Waals surface area contributed by atoms with Gasteiger partial charge >= 0.3 is 12.0 Å². The minimum absolute atomic E-state index is 0.0702. The molecule has 2 unspecified atom stereocenters. The van der Waals surface area contributed by atoms with Crippen LogP contribution in [0.1, 0.15) is 25.7 Å². The smallest absolute Gasteiger partial charge is 0.321 e.